The molecule has 21 heavy (non-hydrogen) atoms. The topological polar surface area (TPSA) is 109 Å². The van der Waals surface area contributed by atoms with E-state index in [1.54, 1.807) is 18.2 Å². The van der Waals surface area contributed by atoms with Gasteiger partial charge in [-0.25, -0.2) is 9.78 Å². The van der Waals surface area contributed by atoms with E-state index in [1.165, 1.54) is 24.4 Å². The summed E-state index contributed by atoms with van der Waals surface area (Å²) in [5, 5.41) is 20.7. The van der Waals surface area contributed by atoms with Crippen LogP contribution in [0.1, 0.15) is 10.5 Å². The van der Waals surface area contributed by atoms with Gasteiger partial charge in [0.15, 0.2) is 12.3 Å². The van der Waals surface area contributed by atoms with Gasteiger partial charge in [-0.3, -0.25) is 4.79 Å². The molecular weight excluding hydrogens is 276 g/mol. The lowest BCUT2D eigenvalue weighted by Gasteiger charge is -2.11. The number of ether oxygens (including phenoxy) is 1. The van der Waals surface area contributed by atoms with Gasteiger partial charge < -0.3 is 20.3 Å². The Hall–Kier alpha value is -3.09. The van der Waals surface area contributed by atoms with Crippen molar-refractivity contribution in [2.45, 2.75) is 0 Å². The summed E-state index contributed by atoms with van der Waals surface area (Å²) in [5.74, 6) is -1.79. The summed E-state index contributed by atoms with van der Waals surface area (Å²) in [6.45, 7) is -0.526. The largest absolute Gasteiger partial charge is 0.505 e. The van der Waals surface area contributed by atoms with Gasteiger partial charge in [0.25, 0.3) is 5.91 Å². The molecule has 0 atom stereocenters. The van der Waals surface area contributed by atoms with Crippen LogP contribution in [0.2, 0.25) is 0 Å². The number of aromatic hydroxyl groups is 1. The summed E-state index contributed by atoms with van der Waals surface area (Å²) in [6, 6.07) is 9.21. The lowest BCUT2D eigenvalue weighted by molar-refractivity contribution is -0.139. The average molecular weight is 288 g/mol. The number of nitrogens with zero attached hydrogens (tertiary/aromatic N) is 1. The number of rotatable bonds is 5. The van der Waals surface area contributed by atoms with E-state index < -0.39 is 18.5 Å². The van der Waals surface area contributed by atoms with Crippen molar-refractivity contribution in [2.24, 2.45) is 0 Å². The summed E-state index contributed by atoms with van der Waals surface area (Å²) in [6.07, 6.45) is 1.38. The lowest BCUT2D eigenvalue weighted by Crippen LogP contribution is -2.16. The van der Waals surface area contributed by atoms with Crippen LogP contribution in [0.5, 0.6) is 11.5 Å². The number of anilines is 1. The van der Waals surface area contributed by atoms with Gasteiger partial charge in [0.05, 0.1) is 5.69 Å². The molecule has 0 aliphatic rings. The molecule has 0 radical (unpaired) electrons. The first-order valence-electron chi connectivity index (χ1n) is 5.97. The van der Waals surface area contributed by atoms with Crippen molar-refractivity contribution in [1.29, 1.82) is 0 Å². The van der Waals surface area contributed by atoms with Crippen LogP contribution in [0.25, 0.3) is 0 Å². The fraction of sp³-hybridized carbons (Fsp3) is 0.0714. The van der Waals surface area contributed by atoms with E-state index in [4.69, 9.17) is 9.84 Å². The number of carboxylic acid groups (broad SMARTS) is 1. The third-order valence-corrected chi connectivity index (χ3v) is 2.49. The standard InChI is InChI=1S/C14H12N2O5/c17-10-5-3-7-15-13(10)14(20)16-9-4-1-2-6-11(9)21-8-12(18)19/h1-7,17H,8H2,(H,16,20)(H,18,19). The monoisotopic (exact) mass is 288 g/mol. The zero-order valence-corrected chi connectivity index (χ0v) is 10.8. The molecule has 0 saturated carbocycles. The second-order valence-electron chi connectivity index (χ2n) is 4.00. The smallest absolute Gasteiger partial charge is 0.341 e. The Morgan fingerprint density at radius 2 is 1.95 bits per heavy atom. The van der Waals surface area contributed by atoms with Crippen LogP contribution >= 0.6 is 0 Å². The fourth-order valence-corrected chi connectivity index (χ4v) is 1.59. The van der Waals surface area contributed by atoms with Gasteiger partial charge in [-0.2, -0.15) is 0 Å². The Labute approximate surface area is 119 Å². The molecule has 2 aromatic rings. The number of hydrogen-bond acceptors (Lipinski definition) is 5. The molecule has 3 N–H and O–H groups in total. The second-order valence-corrected chi connectivity index (χ2v) is 4.00. The van der Waals surface area contributed by atoms with Crippen molar-refractivity contribution in [3.05, 3.63) is 48.3 Å². The third-order valence-electron chi connectivity index (χ3n) is 2.49. The van der Waals surface area contributed by atoms with Gasteiger partial charge in [-0.05, 0) is 24.3 Å². The number of aromatic nitrogens is 1. The number of pyridine rings is 1. The van der Waals surface area contributed by atoms with E-state index in [0.29, 0.717) is 0 Å². The zero-order chi connectivity index (χ0) is 15.2. The van der Waals surface area contributed by atoms with Crippen LogP contribution in [0.4, 0.5) is 5.69 Å². The molecule has 0 aliphatic heterocycles. The molecule has 1 aromatic heterocycles. The maximum Gasteiger partial charge on any atom is 0.341 e. The molecule has 0 aliphatic carbocycles. The minimum atomic E-state index is -1.13. The molecule has 0 spiro atoms. The molecule has 0 fully saturated rings. The molecule has 108 valence electrons. The fourth-order valence-electron chi connectivity index (χ4n) is 1.59. The molecule has 7 nitrogen and oxygen atoms in total. The Morgan fingerprint density at radius 3 is 2.67 bits per heavy atom. The van der Waals surface area contributed by atoms with Crippen molar-refractivity contribution in [3.8, 4) is 11.5 Å². The predicted molar refractivity (Wildman–Crippen MR) is 73.4 cm³/mol. The number of benzene rings is 1. The number of hydrogen-bond donors (Lipinski definition) is 3. The molecule has 1 heterocycles. The van der Waals surface area contributed by atoms with E-state index >= 15 is 0 Å². The Morgan fingerprint density at radius 1 is 1.19 bits per heavy atom. The molecule has 2 rings (SSSR count). The van der Waals surface area contributed by atoms with Crippen molar-refractivity contribution in [3.63, 3.8) is 0 Å². The normalized spacial score (nSPS) is 9.90. The number of amides is 1. The highest BCUT2D eigenvalue weighted by Gasteiger charge is 2.14. The van der Waals surface area contributed by atoms with Gasteiger partial charge in [0, 0.05) is 6.20 Å². The van der Waals surface area contributed by atoms with Crippen LogP contribution in [0.3, 0.4) is 0 Å². The van der Waals surface area contributed by atoms with E-state index in [9.17, 15) is 14.7 Å². The highest BCUT2D eigenvalue weighted by atomic mass is 16.5. The molecule has 0 saturated heterocycles. The lowest BCUT2D eigenvalue weighted by atomic mass is 10.2. The van der Waals surface area contributed by atoms with E-state index in [-0.39, 0.29) is 22.9 Å². The highest BCUT2D eigenvalue weighted by molar-refractivity contribution is 6.05. The second kappa shape index (κ2) is 6.38. The van der Waals surface area contributed by atoms with Gasteiger partial charge >= 0.3 is 5.97 Å². The first-order valence-corrected chi connectivity index (χ1v) is 5.97. The number of aliphatic carboxylic acids is 1. The SMILES string of the molecule is O=C(O)COc1ccccc1NC(=O)c1ncccc1O. The molecule has 7 heteroatoms. The number of carbonyl (C=O) groups excluding carboxylic acids is 1. The van der Waals surface area contributed by atoms with Crippen molar-refractivity contribution in [2.75, 3.05) is 11.9 Å². The Bertz CT molecular complexity index is 672. The maximum absolute atomic E-state index is 12.0. The number of nitrogens with one attached hydrogen (secondary N) is 1. The summed E-state index contributed by atoms with van der Waals surface area (Å²) in [5.41, 5.74) is 0.152. The van der Waals surface area contributed by atoms with Crippen molar-refractivity contribution in [1.82, 2.24) is 4.98 Å². The van der Waals surface area contributed by atoms with E-state index in [1.807, 2.05) is 0 Å². The summed E-state index contributed by atoms with van der Waals surface area (Å²) < 4.78 is 5.07. The van der Waals surface area contributed by atoms with Crippen LogP contribution < -0.4 is 10.1 Å². The molecule has 1 amide bonds. The summed E-state index contributed by atoms with van der Waals surface area (Å²) >= 11 is 0. The van der Waals surface area contributed by atoms with Gasteiger partial charge in [0.1, 0.15) is 11.5 Å². The van der Waals surface area contributed by atoms with E-state index in [2.05, 4.69) is 10.3 Å². The van der Waals surface area contributed by atoms with Crippen LogP contribution in [-0.4, -0.2) is 33.7 Å². The number of para-hydroxylation sites is 2. The minimum Gasteiger partial charge on any atom is -0.505 e. The first-order chi connectivity index (χ1) is 10.1. The van der Waals surface area contributed by atoms with Crippen LogP contribution in [-0.2, 0) is 4.79 Å². The van der Waals surface area contributed by atoms with Gasteiger partial charge in [0.2, 0.25) is 0 Å². The average Bonchev–Trinajstić information content (AvgIpc) is 2.46. The Balaban J connectivity index is 2.18. The van der Waals surface area contributed by atoms with Crippen LogP contribution in [0.15, 0.2) is 42.6 Å². The highest BCUT2D eigenvalue weighted by Crippen LogP contribution is 2.25. The third kappa shape index (κ3) is 3.69. The molecule has 0 unspecified atom stereocenters. The maximum atomic E-state index is 12.0. The summed E-state index contributed by atoms with van der Waals surface area (Å²) in [7, 11) is 0. The Kier molecular flexibility index (Phi) is 4.35. The molecular formula is C14H12N2O5. The number of carboxylic acids is 1. The molecule has 1 aromatic carbocycles. The van der Waals surface area contributed by atoms with E-state index in [0.717, 1.165) is 0 Å². The van der Waals surface area contributed by atoms with Crippen molar-refractivity contribution < 1.29 is 24.5 Å². The first kappa shape index (κ1) is 14.3. The number of carbonyl (C=O) groups is 2. The predicted octanol–water partition coefficient (Wildman–Crippen LogP) is 1.50. The van der Waals surface area contributed by atoms with Gasteiger partial charge in [-0.1, -0.05) is 12.1 Å². The van der Waals surface area contributed by atoms with Gasteiger partial charge in [-0.15, -0.1) is 0 Å². The minimum absolute atomic E-state index is 0.134. The van der Waals surface area contributed by atoms with Crippen molar-refractivity contribution >= 4 is 17.6 Å². The molecule has 0 bridgehead atoms. The zero-order valence-electron chi connectivity index (χ0n) is 10.8. The quantitative estimate of drug-likeness (QED) is 0.769. The summed E-state index contributed by atoms with van der Waals surface area (Å²) in [4.78, 5) is 26.3. The van der Waals surface area contributed by atoms with Crippen LogP contribution in [0, 0.1) is 0 Å².